The number of benzene rings is 1. The van der Waals surface area contributed by atoms with Crippen LogP contribution in [0.25, 0.3) is 16.0 Å². The summed E-state index contributed by atoms with van der Waals surface area (Å²) in [5, 5.41) is 3.57. The first-order valence-electron chi connectivity index (χ1n) is 6.55. The van der Waals surface area contributed by atoms with Gasteiger partial charge in [0, 0.05) is 17.0 Å². The van der Waals surface area contributed by atoms with Crippen molar-refractivity contribution in [2.24, 2.45) is 0 Å². The number of nitrogens with zero attached hydrogens (tertiary/aromatic N) is 2. The fourth-order valence-electron chi connectivity index (χ4n) is 2.69. The van der Waals surface area contributed by atoms with Crippen LogP contribution < -0.4 is 10.3 Å². The standard InChI is InChI=1S/C15H12N2O2S/c18-14-11-5-3-8-19-13(11)10-4-1-2-6-12(10)17(14)15-16-7-9-20-15/h1-2,4,6-7,9H,3,5,8H2. The van der Waals surface area contributed by atoms with Crippen LogP contribution in [0.2, 0.25) is 0 Å². The van der Waals surface area contributed by atoms with Crippen molar-refractivity contribution in [3.05, 3.63) is 51.8 Å². The predicted octanol–water partition coefficient (Wildman–Crippen LogP) is 2.77. The van der Waals surface area contributed by atoms with Crippen molar-refractivity contribution in [2.45, 2.75) is 12.8 Å². The summed E-state index contributed by atoms with van der Waals surface area (Å²) < 4.78 is 7.46. The molecular formula is C15H12N2O2S. The maximum Gasteiger partial charge on any atom is 0.264 e. The first-order valence-corrected chi connectivity index (χ1v) is 7.43. The minimum absolute atomic E-state index is 0.00616. The summed E-state index contributed by atoms with van der Waals surface area (Å²) in [5.74, 6) is 0.754. The summed E-state index contributed by atoms with van der Waals surface area (Å²) in [7, 11) is 0. The average Bonchev–Trinajstić information content (AvgIpc) is 3.02. The van der Waals surface area contributed by atoms with E-state index in [1.54, 1.807) is 10.8 Å². The SMILES string of the molecule is O=c1c2c(c3ccccc3n1-c1nccs1)OCCC2. The van der Waals surface area contributed by atoms with Gasteiger partial charge in [0.05, 0.1) is 17.7 Å². The number of fused-ring (bicyclic) bond motifs is 3. The van der Waals surface area contributed by atoms with Crippen LogP contribution in [0, 0.1) is 0 Å². The molecule has 1 aliphatic rings. The molecule has 4 nitrogen and oxygen atoms in total. The van der Waals surface area contributed by atoms with E-state index in [2.05, 4.69) is 4.98 Å². The molecule has 0 aliphatic carbocycles. The molecule has 0 amide bonds. The van der Waals surface area contributed by atoms with Gasteiger partial charge in [-0.3, -0.25) is 9.36 Å². The Balaban J connectivity index is 2.18. The second-order valence-corrected chi connectivity index (χ2v) is 5.61. The lowest BCUT2D eigenvalue weighted by molar-refractivity contribution is 0.290. The lowest BCUT2D eigenvalue weighted by Crippen LogP contribution is -2.26. The highest BCUT2D eigenvalue weighted by molar-refractivity contribution is 7.12. The Morgan fingerprint density at radius 3 is 3.05 bits per heavy atom. The molecule has 20 heavy (non-hydrogen) atoms. The quantitative estimate of drug-likeness (QED) is 0.690. The normalized spacial score (nSPS) is 14.0. The summed E-state index contributed by atoms with van der Waals surface area (Å²) in [6.07, 6.45) is 3.37. The third kappa shape index (κ3) is 1.59. The summed E-state index contributed by atoms with van der Waals surface area (Å²) in [4.78, 5) is 17.1. The molecule has 0 spiro atoms. The van der Waals surface area contributed by atoms with E-state index < -0.39 is 0 Å². The van der Waals surface area contributed by atoms with E-state index >= 15 is 0 Å². The average molecular weight is 284 g/mol. The van der Waals surface area contributed by atoms with Gasteiger partial charge in [0.1, 0.15) is 5.75 Å². The van der Waals surface area contributed by atoms with Gasteiger partial charge in [-0.15, -0.1) is 11.3 Å². The molecule has 0 unspecified atom stereocenters. The summed E-state index contributed by atoms with van der Waals surface area (Å²) in [6.45, 7) is 0.678. The fourth-order valence-corrected chi connectivity index (χ4v) is 3.34. The Labute approximate surface area is 119 Å². The topological polar surface area (TPSA) is 44.1 Å². The van der Waals surface area contributed by atoms with Crippen LogP contribution in [0.3, 0.4) is 0 Å². The van der Waals surface area contributed by atoms with Gasteiger partial charge in [0.2, 0.25) is 0 Å². The van der Waals surface area contributed by atoms with Gasteiger partial charge < -0.3 is 4.74 Å². The molecule has 0 bridgehead atoms. The van der Waals surface area contributed by atoms with Crippen molar-refractivity contribution in [1.29, 1.82) is 0 Å². The summed E-state index contributed by atoms with van der Waals surface area (Å²) >= 11 is 1.47. The maximum atomic E-state index is 12.8. The van der Waals surface area contributed by atoms with E-state index in [9.17, 15) is 4.79 Å². The van der Waals surface area contributed by atoms with Crippen molar-refractivity contribution in [3.63, 3.8) is 0 Å². The summed E-state index contributed by atoms with van der Waals surface area (Å²) in [5.41, 5.74) is 1.62. The van der Waals surface area contributed by atoms with Crippen LogP contribution in [-0.4, -0.2) is 16.2 Å². The smallest absolute Gasteiger partial charge is 0.264 e. The Hall–Kier alpha value is -2.14. The minimum atomic E-state index is -0.00616. The second kappa shape index (κ2) is 4.45. The van der Waals surface area contributed by atoms with Crippen molar-refractivity contribution in [1.82, 2.24) is 9.55 Å². The molecule has 100 valence electrons. The number of ether oxygens (including phenoxy) is 1. The molecule has 0 radical (unpaired) electrons. The number of rotatable bonds is 1. The van der Waals surface area contributed by atoms with Crippen LogP contribution in [0.15, 0.2) is 40.6 Å². The third-order valence-electron chi connectivity index (χ3n) is 3.55. The zero-order chi connectivity index (χ0) is 13.5. The Morgan fingerprint density at radius 2 is 2.20 bits per heavy atom. The number of thiazole rings is 1. The third-order valence-corrected chi connectivity index (χ3v) is 4.31. The highest BCUT2D eigenvalue weighted by atomic mass is 32.1. The number of para-hydroxylation sites is 1. The molecule has 3 heterocycles. The Bertz CT molecular complexity index is 837. The van der Waals surface area contributed by atoms with E-state index in [4.69, 9.17) is 4.74 Å². The van der Waals surface area contributed by atoms with Gasteiger partial charge >= 0.3 is 0 Å². The first-order chi connectivity index (χ1) is 9.86. The van der Waals surface area contributed by atoms with Crippen molar-refractivity contribution < 1.29 is 4.74 Å². The predicted molar refractivity (Wildman–Crippen MR) is 79.0 cm³/mol. The molecule has 3 aromatic rings. The molecule has 4 rings (SSSR count). The van der Waals surface area contributed by atoms with Crippen molar-refractivity contribution in [2.75, 3.05) is 6.61 Å². The molecule has 1 aromatic carbocycles. The highest BCUT2D eigenvalue weighted by Crippen LogP contribution is 2.32. The molecule has 0 atom stereocenters. The molecule has 1 aliphatic heterocycles. The minimum Gasteiger partial charge on any atom is -0.492 e. The molecular weight excluding hydrogens is 272 g/mol. The lowest BCUT2D eigenvalue weighted by Gasteiger charge is -2.20. The van der Waals surface area contributed by atoms with Crippen LogP contribution in [0.5, 0.6) is 5.75 Å². The van der Waals surface area contributed by atoms with Crippen molar-refractivity contribution >= 4 is 22.2 Å². The summed E-state index contributed by atoms with van der Waals surface area (Å²) in [6, 6.07) is 7.84. The molecule has 0 saturated carbocycles. The number of hydrogen-bond donors (Lipinski definition) is 0. The zero-order valence-corrected chi connectivity index (χ0v) is 11.5. The van der Waals surface area contributed by atoms with E-state index in [-0.39, 0.29) is 5.56 Å². The second-order valence-electron chi connectivity index (χ2n) is 4.73. The van der Waals surface area contributed by atoms with E-state index in [0.29, 0.717) is 11.7 Å². The monoisotopic (exact) mass is 284 g/mol. The van der Waals surface area contributed by atoms with Gasteiger partial charge in [-0.05, 0) is 25.0 Å². The van der Waals surface area contributed by atoms with Crippen LogP contribution in [0.1, 0.15) is 12.0 Å². The molecule has 0 saturated heterocycles. The maximum absolute atomic E-state index is 12.8. The van der Waals surface area contributed by atoms with Gasteiger partial charge in [-0.1, -0.05) is 12.1 Å². The van der Waals surface area contributed by atoms with Gasteiger partial charge in [-0.2, -0.15) is 0 Å². The van der Waals surface area contributed by atoms with Crippen LogP contribution >= 0.6 is 11.3 Å². The zero-order valence-electron chi connectivity index (χ0n) is 10.7. The largest absolute Gasteiger partial charge is 0.492 e. The van der Waals surface area contributed by atoms with Crippen molar-refractivity contribution in [3.8, 4) is 10.9 Å². The van der Waals surface area contributed by atoms with Crippen LogP contribution in [0.4, 0.5) is 0 Å². The fraction of sp³-hybridized carbons (Fsp3) is 0.200. The van der Waals surface area contributed by atoms with Gasteiger partial charge in [-0.25, -0.2) is 4.98 Å². The molecule has 2 aromatic heterocycles. The Kier molecular flexibility index (Phi) is 2.60. The van der Waals surface area contributed by atoms with Gasteiger partial charge in [0.25, 0.3) is 5.56 Å². The highest BCUT2D eigenvalue weighted by Gasteiger charge is 2.21. The van der Waals surface area contributed by atoms with Crippen LogP contribution in [-0.2, 0) is 6.42 Å². The number of hydrogen-bond acceptors (Lipinski definition) is 4. The Morgan fingerprint density at radius 1 is 1.30 bits per heavy atom. The van der Waals surface area contributed by atoms with E-state index in [1.807, 2.05) is 29.6 Å². The van der Waals surface area contributed by atoms with E-state index in [1.165, 1.54) is 11.3 Å². The first kappa shape index (κ1) is 11.7. The molecule has 0 N–H and O–H groups in total. The lowest BCUT2D eigenvalue weighted by atomic mass is 10.0. The number of aromatic nitrogens is 2. The molecule has 5 heteroatoms. The molecule has 0 fully saturated rings. The van der Waals surface area contributed by atoms with E-state index in [0.717, 1.165) is 35.1 Å². The number of pyridine rings is 1. The van der Waals surface area contributed by atoms with Gasteiger partial charge in [0.15, 0.2) is 5.13 Å².